The van der Waals surface area contributed by atoms with Crippen LogP contribution in [0.25, 0.3) is 16.6 Å². The first-order valence-electron chi connectivity index (χ1n) is 8.64. The van der Waals surface area contributed by atoms with Crippen LogP contribution in [-0.4, -0.2) is 37.4 Å². The van der Waals surface area contributed by atoms with Crippen LogP contribution in [0.3, 0.4) is 0 Å². The number of fused-ring (bicyclic) bond motifs is 2. The molecule has 0 bridgehead atoms. The first-order chi connectivity index (χ1) is 13.0. The number of ether oxygens (including phenoxy) is 1. The maximum absolute atomic E-state index is 12.8. The predicted molar refractivity (Wildman–Crippen MR) is 102 cm³/mol. The van der Waals surface area contributed by atoms with Gasteiger partial charge >= 0.3 is 0 Å². The van der Waals surface area contributed by atoms with E-state index < -0.39 is 0 Å². The second-order valence-electron chi connectivity index (χ2n) is 6.73. The Hall–Kier alpha value is -3.42. The maximum atomic E-state index is 12.8. The molecular weight excluding hydrogens is 344 g/mol. The molecule has 0 saturated carbocycles. The van der Waals surface area contributed by atoms with E-state index in [2.05, 4.69) is 34.3 Å². The molecule has 1 N–H and O–H groups in total. The molecule has 8 nitrogen and oxygen atoms in total. The molecule has 0 unspecified atom stereocenters. The molecule has 0 spiro atoms. The van der Waals surface area contributed by atoms with Gasteiger partial charge in [0.25, 0.3) is 5.91 Å². The van der Waals surface area contributed by atoms with Crippen molar-refractivity contribution < 1.29 is 9.53 Å². The Morgan fingerprint density at radius 3 is 2.78 bits per heavy atom. The van der Waals surface area contributed by atoms with Gasteiger partial charge in [-0.2, -0.15) is 10.2 Å². The van der Waals surface area contributed by atoms with Crippen molar-refractivity contribution in [1.29, 1.82) is 0 Å². The summed E-state index contributed by atoms with van der Waals surface area (Å²) in [4.78, 5) is 17.1. The Morgan fingerprint density at radius 1 is 1.22 bits per heavy atom. The summed E-state index contributed by atoms with van der Waals surface area (Å²) in [6.07, 6.45) is 7.00. The van der Waals surface area contributed by atoms with Crippen molar-refractivity contribution in [3.63, 3.8) is 0 Å². The summed E-state index contributed by atoms with van der Waals surface area (Å²) >= 11 is 0. The third kappa shape index (κ3) is 2.99. The van der Waals surface area contributed by atoms with Gasteiger partial charge in [-0.3, -0.25) is 9.48 Å². The standard InChI is InChI=1S/C19H20N6O2/c1-11(2)24-10-13-5-16(17(27-4)6-15(13)23-24)22-19(26)14-8-21-25-9-12(3)7-20-18(14)25/h5-11H,1-4H3,(H,22,26). The summed E-state index contributed by atoms with van der Waals surface area (Å²) < 4.78 is 8.92. The van der Waals surface area contributed by atoms with Crippen LogP contribution in [0.2, 0.25) is 0 Å². The number of carbonyl (C=O) groups excluding carboxylic acids is 1. The second-order valence-corrected chi connectivity index (χ2v) is 6.73. The van der Waals surface area contributed by atoms with Gasteiger partial charge in [-0.1, -0.05) is 0 Å². The quantitative estimate of drug-likeness (QED) is 0.601. The zero-order valence-corrected chi connectivity index (χ0v) is 15.6. The van der Waals surface area contributed by atoms with Gasteiger partial charge < -0.3 is 10.1 Å². The smallest absolute Gasteiger partial charge is 0.261 e. The van der Waals surface area contributed by atoms with Gasteiger partial charge in [-0.25, -0.2) is 9.50 Å². The van der Waals surface area contributed by atoms with Gasteiger partial charge in [0.15, 0.2) is 5.65 Å². The van der Waals surface area contributed by atoms with Crippen molar-refractivity contribution in [3.05, 3.63) is 48.0 Å². The van der Waals surface area contributed by atoms with E-state index in [1.54, 1.807) is 17.8 Å². The van der Waals surface area contributed by atoms with Crippen LogP contribution < -0.4 is 10.1 Å². The van der Waals surface area contributed by atoms with E-state index in [1.165, 1.54) is 6.20 Å². The van der Waals surface area contributed by atoms with Gasteiger partial charge in [0.2, 0.25) is 0 Å². The van der Waals surface area contributed by atoms with Gasteiger partial charge in [0.1, 0.15) is 11.3 Å². The van der Waals surface area contributed by atoms with E-state index in [1.807, 2.05) is 36.1 Å². The van der Waals surface area contributed by atoms with Crippen LogP contribution >= 0.6 is 0 Å². The van der Waals surface area contributed by atoms with Crippen molar-refractivity contribution in [2.45, 2.75) is 26.8 Å². The molecule has 8 heteroatoms. The van der Waals surface area contributed by atoms with Crippen LogP contribution in [0, 0.1) is 6.92 Å². The molecule has 0 radical (unpaired) electrons. The Morgan fingerprint density at radius 2 is 2.04 bits per heavy atom. The largest absolute Gasteiger partial charge is 0.494 e. The zero-order valence-electron chi connectivity index (χ0n) is 15.6. The number of rotatable bonds is 4. The highest BCUT2D eigenvalue weighted by molar-refractivity contribution is 6.09. The van der Waals surface area contributed by atoms with E-state index in [-0.39, 0.29) is 11.9 Å². The molecule has 0 saturated heterocycles. The topological polar surface area (TPSA) is 86.3 Å². The molecular formula is C19H20N6O2. The number of hydrogen-bond acceptors (Lipinski definition) is 5. The third-order valence-electron chi connectivity index (χ3n) is 4.35. The molecule has 4 aromatic rings. The minimum atomic E-state index is -0.296. The fourth-order valence-electron chi connectivity index (χ4n) is 2.92. The predicted octanol–water partition coefficient (Wildman–Crippen LogP) is 3.23. The molecule has 3 aromatic heterocycles. The average molecular weight is 364 g/mol. The highest BCUT2D eigenvalue weighted by Crippen LogP contribution is 2.31. The first kappa shape index (κ1) is 17.0. The van der Waals surface area contributed by atoms with Crippen molar-refractivity contribution in [3.8, 4) is 5.75 Å². The summed E-state index contributed by atoms with van der Waals surface area (Å²) in [7, 11) is 1.57. The number of aryl methyl sites for hydroxylation is 1. The molecule has 1 aromatic carbocycles. The van der Waals surface area contributed by atoms with Crippen LogP contribution in [0.1, 0.15) is 35.8 Å². The van der Waals surface area contributed by atoms with Crippen LogP contribution in [0.15, 0.2) is 36.9 Å². The van der Waals surface area contributed by atoms with Crippen LogP contribution in [0.4, 0.5) is 5.69 Å². The van der Waals surface area contributed by atoms with Crippen LogP contribution in [-0.2, 0) is 0 Å². The minimum Gasteiger partial charge on any atom is -0.494 e. The number of anilines is 1. The van der Waals surface area contributed by atoms with Crippen molar-refractivity contribution in [2.24, 2.45) is 0 Å². The highest BCUT2D eigenvalue weighted by atomic mass is 16.5. The van der Waals surface area contributed by atoms with E-state index in [9.17, 15) is 4.79 Å². The number of amides is 1. The number of benzene rings is 1. The number of nitrogens with one attached hydrogen (secondary N) is 1. The fraction of sp³-hybridized carbons (Fsp3) is 0.263. The normalized spacial score (nSPS) is 11.4. The van der Waals surface area contributed by atoms with Gasteiger partial charge in [0, 0.05) is 36.1 Å². The Balaban J connectivity index is 1.71. The summed E-state index contributed by atoms with van der Waals surface area (Å²) in [6.45, 7) is 6.04. The third-order valence-corrected chi connectivity index (χ3v) is 4.35. The van der Waals surface area contributed by atoms with Gasteiger partial charge in [-0.15, -0.1) is 0 Å². The lowest BCUT2D eigenvalue weighted by Crippen LogP contribution is -2.13. The Labute approximate surface area is 155 Å². The molecule has 0 aliphatic rings. The fourth-order valence-corrected chi connectivity index (χ4v) is 2.92. The SMILES string of the molecule is COc1cc2nn(C(C)C)cc2cc1NC(=O)c1cnn2cc(C)cnc12. The van der Waals surface area contributed by atoms with E-state index in [0.29, 0.717) is 22.6 Å². The highest BCUT2D eigenvalue weighted by Gasteiger charge is 2.17. The van der Waals surface area contributed by atoms with E-state index >= 15 is 0 Å². The first-order valence-corrected chi connectivity index (χ1v) is 8.64. The van der Waals surface area contributed by atoms with E-state index in [4.69, 9.17) is 4.74 Å². The van der Waals surface area contributed by atoms with Crippen molar-refractivity contribution in [2.75, 3.05) is 12.4 Å². The molecule has 0 atom stereocenters. The van der Waals surface area contributed by atoms with Gasteiger partial charge in [0.05, 0.1) is 24.5 Å². The monoisotopic (exact) mass is 364 g/mol. The molecule has 3 heterocycles. The second kappa shape index (κ2) is 6.39. The molecule has 0 aliphatic heterocycles. The lowest BCUT2D eigenvalue weighted by atomic mass is 10.2. The number of carbonyl (C=O) groups is 1. The maximum Gasteiger partial charge on any atom is 0.261 e. The summed E-state index contributed by atoms with van der Waals surface area (Å²) in [5, 5.41) is 12.6. The van der Waals surface area contributed by atoms with Crippen molar-refractivity contribution >= 4 is 28.1 Å². The number of methoxy groups -OCH3 is 1. The summed E-state index contributed by atoms with van der Waals surface area (Å²) in [5.41, 5.74) is 3.25. The van der Waals surface area contributed by atoms with E-state index in [0.717, 1.165) is 16.5 Å². The zero-order chi connectivity index (χ0) is 19.1. The van der Waals surface area contributed by atoms with Gasteiger partial charge in [-0.05, 0) is 32.4 Å². The average Bonchev–Trinajstić information content (AvgIpc) is 3.24. The summed E-state index contributed by atoms with van der Waals surface area (Å²) in [5.74, 6) is 0.250. The molecule has 27 heavy (non-hydrogen) atoms. The molecule has 138 valence electrons. The molecule has 0 fully saturated rings. The lowest BCUT2D eigenvalue weighted by Gasteiger charge is -2.09. The molecule has 1 amide bonds. The number of hydrogen-bond donors (Lipinski definition) is 1. The summed E-state index contributed by atoms with van der Waals surface area (Å²) in [6, 6.07) is 3.93. The molecule has 0 aliphatic carbocycles. The number of nitrogens with zero attached hydrogens (tertiary/aromatic N) is 5. The Kier molecular flexibility index (Phi) is 4.02. The molecule has 4 rings (SSSR count). The minimum absolute atomic E-state index is 0.245. The van der Waals surface area contributed by atoms with Crippen molar-refractivity contribution in [1.82, 2.24) is 24.4 Å². The van der Waals surface area contributed by atoms with Crippen LogP contribution in [0.5, 0.6) is 5.75 Å². The lowest BCUT2D eigenvalue weighted by molar-refractivity contribution is 0.102. The number of aromatic nitrogens is 5. The Bertz CT molecular complexity index is 1160.